The van der Waals surface area contributed by atoms with Crippen LogP contribution in [-0.4, -0.2) is 46.1 Å². The molecule has 3 atom stereocenters. The Balaban J connectivity index is 3.47. The second kappa shape index (κ2) is 61.4. The maximum atomic E-state index is 12.6. The van der Waals surface area contributed by atoms with Crippen LogP contribution in [0.1, 0.15) is 367 Å². The third-order valence-electron chi connectivity index (χ3n) is 15.6. The Kier molecular flexibility index (Phi) is 60.4. The molecule has 422 valence electrons. The first-order valence-corrected chi connectivity index (χ1v) is 32.6. The quantitative estimate of drug-likeness (QED) is 0.0361. The normalized spacial score (nSPS) is 13.3. The summed E-state index contributed by atoms with van der Waals surface area (Å²) in [5.74, 6) is -0.464. The minimum atomic E-state index is -1.07. The van der Waals surface area contributed by atoms with E-state index >= 15 is 0 Å². The van der Waals surface area contributed by atoms with Gasteiger partial charge >= 0.3 is 0 Å². The largest absolute Gasteiger partial charge is 0.394 e. The van der Waals surface area contributed by atoms with E-state index < -0.39 is 24.2 Å². The molecule has 0 aliphatic heterocycles. The average molecular weight is 1000 g/mol. The van der Waals surface area contributed by atoms with Gasteiger partial charge in [-0.1, -0.05) is 346 Å². The summed E-state index contributed by atoms with van der Waals surface area (Å²) in [6, 6.07) is -0.711. The molecular weight excluding hydrogens is 871 g/mol. The van der Waals surface area contributed by atoms with E-state index in [1.165, 1.54) is 302 Å². The lowest BCUT2D eigenvalue weighted by Crippen LogP contribution is -2.49. The molecule has 0 spiro atoms. The van der Waals surface area contributed by atoms with Gasteiger partial charge in [0.05, 0.1) is 18.8 Å². The van der Waals surface area contributed by atoms with Crippen molar-refractivity contribution in [2.45, 2.75) is 385 Å². The Bertz CT molecular complexity index is 1060. The minimum absolute atomic E-state index is 0.310. The molecule has 0 aromatic heterocycles. The van der Waals surface area contributed by atoms with Crippen molar-refractivity contribution in [3.8, 4) is 0 Å². The highest BCUT2D eigenvalue weighted by molar-refractivity contribution is 5.80. The SMILES string of the molecule is CCCCCCCCCCCCCCC/C=C\C/C=C\CCCCCCCCCCCCCCCCCCC(O)C(=O)NC(CO)C(O)CCCCCCCCCCCCCCCCCCCCCCC. The standard InChI is InChI=1S/C66H129NO4/c1-3-5-7-9-11-13-15-17-19-21-23-25-26-27-28-29-30-31-32-33-34-35-36-37-38-39-41-43-45-47-49-51-53-55-57-59-61-65(70)66(71)67-63(62-68)64(69)60-58-56-54-52-50-48-46-44-42-40-24-22-20-18-16-14-12-10-8-6-4-2/h28-29,31-32,63-65,68-70H,3-27,30,33-62H2,1-2H3,(H,67,71)/b29-28-,32-31-. The van der Waals surface area contributed by atoms with E-state index in [1.54, 1.807) is 0 Å². The molecule has 0 saturated carbocycles. The Hall–Kier alpha value is -1.17. The zero-order chi connectivity index (χ0) is 51.4. The molecule has 71 heavy (non-hydrogen) atoms. The molecule has 0 radical (unpaired) electrons. The molecular formula is C66H129NO4. The van der Waals surface area contributed by atoms with Crippen molar-refractivity contribution < 1.29 is 20.1 Å². The molecule has 3 unspecified atom stereocenters. The Morgan fingerprint density at radius 3 is 0.845 bits per heavy atom. The van der Waals surface area contributed by atoms with Crippen LogP contribution in [0.5, 0.6) is 0 Å². The summed E-state index contributed by atoms with van der Waals surface area (Å²) < 4.78 is 0. The Labute approximate surface area is 445 Å². The number of aliphatic hydroxyl groups excluding tert-OH is 3. The van der Waals surface area contributed by atoms with E-state index in [-0.39, 0.29) is 6.61 Å². The van der Waals surface area contributed by atoms with Gasteiger partial charge in [0.25, 0.3) is 0 Å². The van der Waals surface area contributed by atoms with Gasteiger partial charge in [-0.15, -0.1) is 0 Å². The molecule has 0 fully saturated rings. The predicted molar refractivity (Wildman–Crippen MR) is 315 cm³/mol. The van der Waals surface area contributed by atoms with E-state index in [2.05, 4.69) is 43.5 Å². The van der Waals surface area contributed by atoms with E-state index in [0.29, 0.717) is 12.8 Å². The van der Waals surface area contributed by atoms with Gasteiger partial charge in [0, 0.05) is 0 Å². The number of hydrogen-bond acceptors (Lipinski definition) is 4. The highest BCUT2D eigenvalue weighted by atomic mass is 16.3. The van der Waals surface area contributed by atoms with E-state index in [9.17, 15) is 20.1 Å². The molecule has 5 heteroatoms. The number of carbonyl (C=O) groups is 1. The van der Waals surface area contributed by atoms with Crippen LogP contribution in [-0.2, 0) is 4.79 Å². The second-order valence-corrected chi connectivity index (χ2v) is 22.7. The van der Waals surface area contributed by atoms with Crippen molar-refractivity contribution in [3.63, 3.8) is 0 Å². The van der Waals surface area contributed by atoms with Crippen LogP contribution in [0.25, 0.3) is 0 Å². The maximum Gasteiger partial charge on any atom is 0.249 e. The number of amides is 1. The van der Waals surface area contributed by atoms with E-state index in [0.717, 1.165) is 38.5 Å². The zero-order valence-corrected chi connectivity index (χ0v) is 48.4. The van der Waals surface area contributed by atoms with E-state index in [1.807, 2.05) is 0 Å². The van der Waals surface area contributed by atoms with Crippen LogP contribution in [0.3, 0.4) is 0 Å². The molecule has 0 bridgehead atoms. The van der Waals surface area contributed by atoms with Gasteiger partial charge in [-0.05, 0) is 44.9 Å². The van der Waals surface area contributed by atoms with Gasteiger partial charge in [0.15, 0.2) is 0 Å². The van der Waals surface area contributed by atoms with E-state index in [4.69, 9.17) is 0 Å². The summed E-state index contributed by atoms with van der Waals surface area (Å²) in [6.07, 6.45) is 79.8. The van der Waals surface area contributed by atoms with Crippen LogP contribution in [0, 0.1) is 0 Å². The molecule has 0 aromatic rings. The number of hydrogen-bond donors (Lipinski definition) is 4. The van der Waals surface area contributed by atoms with Crippen molar-refractivity contribution in [1.29, 1.82) is 0 Å². The first-order chi connectivity index (χ1) is 35.1. The van der Waals surface area contributed by atoms with Gasteiger partial charge in [0.2, 0.25) is 5.91 Å². The van der Waals surface area contributed by atoms with Gasteiger partial charge in [-0.3, -0.25) is 4.79 Å². The Morgan fingerprint density at radius 2 is 0.577 bits per heavy atom. The number of allylic oxidation sites excluding steroid dienone is 4. The summed E-state index contributed by atoms with van der Waals surface area (Å²) in [4.78, 5) is 12.6. The van der Waals surface area contributed by atoms with Crippen molar-refractivity contribution in [2.75, 3.05) is 6.61 Å². The first-order valence-electron chi connectivity index (χ1n) is 32.6. The minimum Gasteiger partial charge on any atom is -0.394 e. The summed E-state index contributed by atoms with van der Waals surface area (Å²) in [6.45, 7) is 4.28. The predicted octanol–water partition coefficient (Wildman–Crippen LogP) is 20.8. The average Bonchev–Trinajstić information content (AvgIpc) is 3.38. The highest BCUT2D eigenvalue weighted by Crippen LogP contribution is 2.19. The lowest BCUT2D eigenvalue weighted by Gasteiger charge is -2.23. The zero-order valence-electron chi connectivity index (χ0n) is 48.4. The van der Waals surface area contributed by atoms with Crippen LogP contribution in [0.2, 0.25) is 0 Å². The Morgan fingerprint density at radius 1 is 0.338 bits per heavy atom. The topological polar surface area (TPSA) is 89.8 Å². The van der Waals surface area contributed by atoms with Crippen LogP contribution in [0.15, 0.2) is 24.3 Å². The molecule has 0 saturated heterocycles. The number of nitrogens with one attached hydrogen (secondary N) is 1. The van der Waals surface area contributed by atoms with Gasteiger partial charge in [-0.2, -0.15) is 0 Å². The van der Waals surface area contributed by atoms with Crippen LogP contribution < -0.4 is 5.32 Å². The van der Waals surface area contributed by atoms with Crippen LogP contribution in [0.4, 0.5) is 0 Å². The lowest BCUT2D eigenvalue weighted by molar-refractivity contribution is -0.131. The van der Waals surface area contributed by atoms with Gasteiger partial charge in [0.1, 0.15) is 6.10 Å². The molecule has 0 aliphatic carbocycles. The molecule has 0 rings (SSSR count). The second-order valence-electron chi connectivity index (χ2n) is 22.7. The van der Waals surface area contributed by atoms with Gasteiger partial charge in [-0.25, -0.2) is 0 Å². The third-order valence-corrected chi connectivity index (χ3v) is 15.6. The number of rotatable bonds is 61. The fraction of sp³-hybridized carbons (Fsp3) is 0.924. The van der Waals surface area contributed by atoms with Gasteiger partial charge < -0.3 is 20.6 Å². The highest BCUT2D eigenvalue weighted by Gasteiger charge is 2.23. The molecule has 0 heterocycles. The maximum absolute atomic E-state index is 12.6. The lowest BCUT2D eigenvalue weighted by atomic mass is 10.0. The van der Waals surface area contributed by atoms with Crippen molar-refractivity contribution in [1.82, 2.24) is 5.32 Å². The number of aliphatic hydroxyl groups is 3. The summed E-state index contributed by atoms with van der Waals surface area (Å²) in [5, 5.41) is 33.7. The summed E-state index contributed by atoms with van der Waals surface area (Å²) in [7, 11) is 0. The van der Waals surface area contributed by atoms with Crippen molar-refractivity contribution in [3.05, 3.63) is 24.3 Å². The molecule has 4 N–H and O–H groups in total. The molecule has 0 aliphatic rings. The third kappa shape index (κ3) is 56.4. The molecule has 1 amide bonds. The number of unbranched alkanes of at least 4 members (excludes halogenated alkanes) is 49. The molecule has 0 aromatic carbocycles. The monoisotopic (exact) mass is 1000 g/mol. The van der Waals surface area contributed by atoms with Crippen LogP contribution >= 0.6 is 0 Å². The molecule has 5 nitrogen and oxygen atoms in total. The van der Waals surface area contributed by atoms with Crippen molar-refractivity contribution >= 4 is 5.91 Å². The fourth-order valence-electron chi connectivity index (χ4n) is 10.5. The van der Waals surface area contributed by atoms with Crippen molar-refractivity contribution in [2.24, 2.45) is 0 Å². The number of carbonyl (C=O) groups excluding carboxylic acids is 1. The smallest absolute Gasteiger partial charge is 0.249 e. The first kappa shape index (κ1) is 69.8. The summed E-state index contributed by atoms with van der Waals surface area (Å²) >= 11 is 0. The fourth-order valence-corrected chi connectivity index (χ4v) is 10.5. The summed E-state index contributed by atoms with van der Waals surface area (Å²) in [5.41, 5.74) is 0.